The van der Waals surface area contributed by atoms with Gasteiger partial charge >= 0.3 is 0 Å². The number of nitrogen functional groups attached to an aromatic ring is 3. The van der Waals surface area contributed by atoms with E-state index in [9.17, 15) is 13.0 Å². The maximum Gasteiger partial charge on any atom is 0.295 e. The molecule has 7 heteroatoms. The Morgan fingerprint density at radius 2 is 1.47 bits per heavy atom. The Hall–Kier alpha value is -2.25. The lowest BCUT2D eigenvalue weighted by molar-refractivity contribution is 0.483. The Kier molecular flexibility index (Phi) is 3.09. The predicted molar refractivity (Wildman–Crippen MR) is 74.9 cm³/mol. The van der Waals surface area contributed by atoms with E-state index in [-0.39, 0.29) is 21.8 Å². The Morgan fingerprint density at radius 3 is 2.00 bits per heavy atom. The summed E-state index contributed by atoms with van der Waals surface area (Å²) in [5, 5.41) is 0. The highest BCUT2D eigenvalue weighted by Crippen LogP contribution is 2.35. The van der Waals surface area contributed by atoms with Crippen LogP contribution in [-0.2, 0) is 10.1 Å². The first kappa shape index (κ1) is 13.2. The molecule has 2 aromatic rings. The van der Waals surface area contributed by atoms with E-state index in [1.165, 1.54) is 6.07 Å². The average molecular weight is 279 g/mol. The molecule has 0 radical (unpaired) electrons. The second kappa shape index (κ2) is 4.45. The van der Waals surface area contributed by atoms with Gasteiger partial charge in [0, 0.05) is 22.6 Å². The van der Waals surface area contributed by atoms with Crippen molar-refractivity contribution >= 4 is 27.2 Å². The molecule has 0 bridgehead atoms. The summed E-state index contributed by atoms with van der Waals surface area (Å²) < 4.78 is 32.1. The maximum absolute atomic E-state index is 11.4. The third-order valence-electron chi connectivity index (χ3n) is 2.63. The zero-order valence-corrected chi connectivity index (χ0v) is 10.7. The van der Waals surface area contributed by atoms with Gasteiger partial charge in [0.05, 0.1) is 0 Å². The number of nitrogens with two attached hydrogens (primary N) is 3. The van der Waals surface area contributed by atoms with Gasteiger partial charge in [0.15, 0.2) is 0 Å². The molecule has 2 rings (SSSR count). The Balaban J connectivity index is 2.79. The monoisotopic (exact) mass is 279 g/mol. The minimum absolute atomic E-state index is 0.157. The van der Waals surface area contributed by atoms with Crippen LogP contribution >= 0.6 is 0 Å². The third-order valence-corrected chi connectivity index (χ3v) is 3.51. The van der Waals surface area contributed by atoms with Crippen LogP contribution in [-0.4, -0.2) is 13.0 Å². The van der Waals surface area contributed by atoms with Crippen LogP contribution in [0.1, 0.15) is 0 Å². The van der Waals surface area contributed by atoms with E-state index in [1.807, 2.05) is 0 Å². The number of hydrogen-bond acceptors (Lipinski definition) is 5. The molecule has 0 amide bonds. The van der Waals surface area contributed by atoms with Crippen LogP contribution in [0.4, 0.5) is 17.1 Å². The summed E-state index contributed by atoms with van der Waals surface area (Å²) in [4.78, 5) is -0.324. The average Bonchev–Trinajstić information content (AvgIpc) is 2.28. The minimum Gasteiger partial charge on any atom is -0.399 e. The molecule has 0 saturated heterocycles. The molecule has 100 valence electrons. The van der Waals surface area contributed by atoms with Gasteiger partial charge in [-0.15, -0.1) is 0 Å². The molecule has 0 unspecified atom stereocenters. The third kappa shape index (κ3) is 2.61. The van der Waals surface area contributed by atoms with E-state index in [1.54, 1.807) is 24.3 Å². The lowest BCUT2D eigenvalue weighted by atomic mass is 10.0. The van der Waals surface area contributed by atoms with Crippen LogP contribution in [0.2, 0.25) is 0 Å². The Labute approximate surface area is 110 Å². The molecular formula is C12H13N3O3S. The standard InChI is InChI=1S/C12H13N3O3S/c13-8-3-1-7(2-4-8)12-10(15)5-9(14)6-11(12)19(16,17)18/h1-6H,13-15H2,(H,16,17,18). The fourth-order valence-electron chi connectivity index (χ4n) is 1.82. The molecule has 0 aliphatic heterocycles. The van der Waals surface area contributed by atoms with Gasteiger partial charge in [0.25, 0.3) is 10.1 Å². The Bertz CT molecular complexity index is 725. The molecule has 0 fully saturated rings. The van der Waals surface area contributed by atoms with Crippen molar-refractivity contribution in [3.63, 3.8) is 0 Å². The second-order valence-electron chi connectivity index (χ2n) is 4.08. The van der Waals surface area contributed by atoms with Gasteiger partial charge < -0.3 is 17.2 Å². The second-order valence-corrected chi connectivity index (χ2v) is 5.47. The largest absolute Gasteiger partial charge is 0.399 e. The van der Waals surface area contributed by atoms with Crippen molar-refractivity contribution in [3.8, 4) is 11.1 Å². The van der Waals surface area contributed by atoms with Crippen molar-refractivity contribution in [2.45, 2.75) is 4.90 Å². The molecule has 0 aromatic heterocycles. The molecule has 0 atom stereocenters. The number of anilines is 3. The topological polar surface area (TPSA) is 132 Å². The molecule has 0 spiro atoms. The van der Waals surface area contributed by atoms with Gasteiger partial charge in [-0.2, -0.15) is 8.42 Å². The van der Waals surface area contributed by atoms with Crippen molar-refractivity contribution in [1.82, 2.24) is 0 Å². The number of rotatable bonds is 2. The highest BCUT2D eigenvalue weighted by atomic mass is 32.2. The van der Waals surface area contributed by atoms with Crippen LogP contribution in [0.3, 0.4) is 0 Å². The first-order valence-corrected chi connectivity index (χ1v) is 6.75. The quantitative estimate of drug-likeness (QED) is 0.484. The smallest absolute Gasteiger partial charge is 0.295 e. The van der Waals surface area contributed by atoms with Crippen LogP contribution in [0.25, 0.3) is 11.1 Å². The normalized spacial score (nSPS) is 11.4. The zero-order chi connectivity index (χ0) is 14.2. The van der Waals surface area contributed by atoms with Gasteiger partial charge in [0.2, 0.25) is 0 Å². The van der Waals surface area contributed by atoms with Crippen molar-refractivity contribution in [2.75, 3.05) is 17.2 Å². The number of benzene rings is 2. The number of hydrogen-bond donors (Lipinski definition) is 4. The van der Waals surface area contributed by atoms with Crippen molar-refractivity contribution < 1.29 is 13.0 Å². The van der Waals surface area contributed by atoms with Crippen molar-refractivity contribution in [3.05, 3.63) is 36.4 Å². The molecule has 0 heterocycles. The van der Waals surface area contributed by atoms with Gasteiger partial charge in [-0.3, -0.25) is 4.55 Å². The van der Waals surface area contributed by atoms with E-state index in [4.69, 9.17) is 17.2 Å². The van der Waals surface area contributed by atoms with E-state index < -0.39 is 10.1 Å². The van der Waals surface area contributed by atoms with Crippen molar-refractivity contribution in [2.24, 2.45) is 0 Å². The van der Waals surface area contributed by atoms with E-state index in [0.717, 1.165) is 6.07 Å². The Morgan fingerprint density at radius 1 is 0.895 bits per heavy atom. The first-order valence-electron chi connectivity index (χ1n) is 5.31. The van der Waals surface area contributed by atoms with E-state index in [2.05, 4.69) is 0 Å². The molecule has 0 aliphatic rings. The van der Waals surface area contributed by atoms with Crippen LogP contribution < -0.4 is 17.2 Å². The summed E-state index contributed by atoms with van der Waals surface area (Å²) in [7, 11) is -4.43. The highest BCUT2D eigenvalue weighted by Gasteiger charge is 2.20. The van der Waals surface area contributed by atoms with Crippen LogP contribution in [0.15, 0.2) is 41.3 Å². The summed E-state index contributed by atoms with van der Waals surface area (Å²) in [5.41, 5.74) is 18.5. The molecule has 0 saturated carbocycles. The molecule has 2 aromatic carbocycles. The molecule has 19 heavy (non-hydrogen) atoms. The maximum atomic E-state index is 11.4. The lowest BCUT2D eigenvalue weighted by Crippen LogP contribution is -2.05. The zero-order valence-electron chi connectivity index (χ0n) is 9.87. The SMILES string of the molecule is Nc1ccc(-c2c(N)cc(N)cc2S(=O)(=O)O)cc1. The fraction of sp³-hybridized carbons (Fsp3) is 0. The summed E-state index contributed by atoms with van der Waals surface area (Å²) in [6.45, 7) is 0. The predicted octanol–water partition coefficient (Wildman–Crippen LogP) is 1.35. The van der Waals surface area contributed by atoms with Crippen LogP contribution in [0, 0.1) is 0 Å². The van der Waals surface area contributed by atoms with Crippen LogP contribution in [0.5, 0.6) is 0 Å². The van der Waals surface area contributed by atoms with Gasteiger partial charge in [-0.1, -0.05) is 12.1 Å². The van der Waals surface area contributed by atoms with Crippen molar-refractivity contribution in [1.29, 1.82) is 0 Å². The van der Waals surface area contributed by atoms with E-state index in [0.29, 0.717) is 11.3 Å². The molecule has 0 aliphatic carbocycles. The van der Waals surface area contributed by atoms with E-state index >= 15 is 0 Å². The minimum atomic E-state index is -4.43. The summed E-state index contributed by atoms with van der Waals surface area (Å²) >= 11 is 0. The first-order chi connectivity index (χ1) is 8.79. The van der Waals surface area contributed by atoms with Gasteiger partial charge in [-0.05, 0) is 29.8 Å². The highest BCUT2D eigenvalue weighted by molar-refractivity contribution is 7.86. The summed E-state index contributed by atoms with van der Waals surface area (Å²) in [6, 6.07) is 9.05. The van der Waals surface area contributed by atoms with Gasteiger partial charge in [-0.25, -0.2) is 0 Å². The fourth-order valence-corrected chi connectivity index (χ4v) is 2.60. The van der Waals surface area contributed by atoms with Gasteiger partial charge in [0.1, 0.15) is 4.90 Å². The molecular weight excluding hydrogens is 266 g/mol. The lowest BCUT2D eigenvalue weighted by Gasteiger charge is -2.12. The molecule has 6 nitrogen and oxygen atoms in total. The summed E-state index contributed by atoms with van der Waals surface area (Å²) in [5.74, 6) is 0. The molecule has 7 N–H and O–H groups in total. The summed E-state index contributed by atoms with van der Waals surface area (Å²) in [6.07, 6.45) is 0.